The summed E-state index contributed by atoms with van der Waals surface area (Å²) in [6.07, 6.45) is 3.12. The molecule has 0 bridgehead atoms. The van der Waals surface area contributed by atoms with Crippen molar-refractivity contribution in [2.75, 3.05) is 31.1 Å². The normalized spacial score (nSPS) is 18.8. The number of carbonyl (C=O) groups excluding carboxylic acids is 1. The van der Waals surface area contributed by atoms with Crippen LogP contribution in [0.25, 0.3) is 10.9 Å². The molecule has 1 saturated carbocycles. The molecule has 0 N–H and O–H groups in total. The zero-order valence-electron chi connectivity index (χ0n) is 13.3. The van der Waals surface area contributed by atoms with Crippen molar-refractivity contribution in [2.45, 2.75) is 19.3 Å². The lowest BCUT2D eigenvalue weighted by atomic mass is 10.2. The number of fused-ring (bicyclic) bond motifs is 1. The minimum Gasteiger partial charge on any atom is -0.355 e. The van der Waals surface area contributed by atoms with Gasteiger partial charge in [-0.3, -0.25) is 4.79 Å². The van der Waals surface area contributed by atoms with Crippen molar-refractivity contribution in [3.8, 4) is 0 Å². The van der Waals surface area contributed by atoms with Gasteiger partial charge in [0.1, 0.15) is 5.82 Å². The third kappa shape index (κ3) is 3.24. The van der Waals surface area contributed by atoms with Crippen molar-refractivity contribution >= 4 is 50.2 Å². The van der Waals surface area contributed by atoms with E-state index < -0.39 is 0 Å². The van der Waals surface area contributed by atoms with Crippen molar-refractivity contribution in [1.29, 1.82) is 0 Å². The first-order chi connectivity index (χ1) is 11.6. The molecule has 1 aliphatic carbocycles. The van der Waals surface area contributed by atoms with Crippen molar-refractivity contribution in [2.24, 2.45) is 5.92 Å². The van der Waals surface area contributed by atoms with Crippen LogP contribution in [0.2, 0.25) is 5.02 Å². The summed E-state index contributed by atoms with van der Waals surface area (Å²) in [4.78, 5) is 21.3. The van der Waals surface area contributed by atoms with Gasteiger partial charge in [-0.25, -0.2) is 4.98 Å². The number of hydrogen-bond donors (Lipinski definition) is 0. The van der Waals surface area contributed by atoms with Crippen LogP contribution in [0.5, 0.6) is 0 Å². The predicted molar refractivity (Wildman–Crippen MR) is 101 cm³/mol. The van der Waals surface area contributed by atoms with Crippen LogP contribution in [0.3, 0.4) is 0 Å². The molecule has 126 valence electrons. The van der Waals surface area contributed by atoms with Crippen LogP contribution in [0.1, 0.15) is 19.3 Å². The second-order valence-electron chi connectivity index (χ2n) is 6.57. The third-order valence-corrected chi connectivity index (χ3v) is 5.50. The van der Waals surface area contributed by atoms with Crippen LogP contribution in [-0.2, 0) is 4.79 Å². The van der Waals surface area contributed by atoms with Crippen molar-refractivity contribution in [3.63, 3.8) is 0 Å². The van der Waals surface area contributed by atoms with Crippen molar-refractivity contribution in [1.82, 2.24) is 9.88 Å². The average molecular weight is 409 g/mol. The molecule has 0 unspecified atom stereocenters. The molecule has 1 aromatic carbocycles. The van der Waals surface area contributed by atoms with Gasteiger partial charge in [0.25, 0.3) is 0 Å². The molecule has 0 spiro atoms. The zero-order valence-corrected chi connectivity index (χ0v) is 15.7. The molecule has 2 heterocycles. The Bertz CT molecular complexity index is 793. The summed E-state index contributed by atoms with van der Waals surface area (Å²) in [5.41, 5.74) is 0.826. The molecule has 6 heteroatoms. The number of nitrogens with zero attached hydrogens (tertiary/aromatic N) is 3. The van der Waals surface area contributed by atoms with Crippen LogP contribution in [0.15, 0.2) is 28.7 Å². The first kappa shape index (κ1) is 16.2. The predicted octanol–water partition coefficient (Wildman–Crippen LogP) is 4.10. The molecule has 1 aromatic heterocycles. The van der Waals surface area contributed by atoms with E-state index in [1.165, 1.54) is 0 Å². The molecular formula is C18H19BrClN3O. The minimum atomic E-state index is 0.299. The Hall–Kier alpha value is -1.33. The molecule has 2 aliphatic rings. The van der Waals surface area contributed by atoms with Crippen LogP contribution < -0.4 is 4.90 Å². The first-order valence-corrected chi connectivity index (χ1v) is 9.58. The van der Waals surface area contributed by atoms with Crippen LogP contribution in [0, 0.1) is 5.92 Å². The Morgan fingerprint density at radius 2 is 2.00 bits per heavy atom. The molecule has 0 atom stereocenters. The molecule has 1 amide bonds. The number of amides is 1. The van der Waals surface area contributed by atoms with E-state index in [0.29, 0.717) is 16.8 Å². The van der Waals surface area contributed by atoms with Gasteiger partial charge in [-0.05, 0) is 43.5 Å². The summed E-state index contributed by atoms with van der Waals surface area (Å²) < 4.78 is 0.957. The summed E-state index contributed by atoms with van der Waals surface area (Å²) in [6, 6.07) is 8.01. The van der Waals surface area contributed by atoms with Gasteiger partial charge in [0.05, 0.1) is 10.5 Å². The number of benzene rings is 1. The molecule has 1 saturated heterocycles. The summed E-state index contributed by atoms with van der Waals surface area (Å²) in [5.74, 6) is 1.58. The fourth-order valence-corrected chi connectivity index (χ4v) is 4.15. The molecule has 2 aromatic rings. The monoisotopic (exact) mass is 407 g/mol. The van der Waals surface area contributed by atoms with E-state index in [-0.39, 0.29) is 0 Å². The average Bonchev–Trinajstić information content (AvgIpc) is 3.40. The van der Waals surface area contributed by atoms with Crippen LogP contribution in [-0.4, -0.2) is 42.0 Å². The van der Waals surface area contributed by atoms with Gasteiger partial charge < -0.3 is 9.80 Å². The Kier molecular flexibility index (Phi) is 4.39. The smallest absolute Gasteiger partial charge is 0.225 e. The minimum absolute atomic E-state index is 0.299. The largest absolute Gasteiger partial charge is 0.355 e. The van der Waals surface area contributed by atoms with Crippen molar-refractivity contribution in [3.05, 3.63) is 33.8 Å². The van der Waals surface area contributed by atoms with Gasteiger partial charge in [0, 0.05) is 42.0 Å². The van der Waals surface area contributed by atoms with E-state index in [1.807, 2.05) is 23.1 Å². The highest BCUT2D eigenvalue weighted by atomic mass is 79.9. The first-order valence-electron chi connectivity index (χ1n) is 8.41. The summed E-state index contributed by atoms with van der Waals surface area (Å²) in [6.45, 7) is 3.38. The Labute approximate surface area is 154 Å². The molecule has 0 radical (unpaired) electrons. The number of aromatic nitrogens is 1. The van der Waals surface area contributed by atoms with Gasteiger partial charge in [-0.15, -0.1) is 0 Å². The van der Waals surface area contributed by atoms with E-state index >= 15 is 0 Å². The lowest BCUT2D eigenvalue weighted by molar-refractivity contribution is -0.132. The van der Waals surface area contributed by atoms with E-state index in [0.717, 1.165) is 66.6 Å². The molecule has 1 aliphatic heterocycles. The maximum Gasteiger partial charge on any atom is 0.225 e. The summed E-state index contributed by atoms with van der Waals surface area (Å²) in [5, 5.41) is 1.68. The summed E-state index contributed by atoms with van der Waals surface area (Å²) in [7, 11) is 0. The van der Waals surface area contributed by atoms with E-state index in [9.17, 15) is 4.79 Å². The van der Waals surface area contributed by atoms with Gasteiger partial charge in [0.2, 0.25) is 5.91 Å². The van der Waals surface area contributed by atoms with Gasteiger partial charge in [0.15, 0.2) is 0 Å². The highest BCUT2D eigenvalue weighted by Gasteiger charge is 2.34. The molecule has 24 heavy (non-hydrogen) atoms. The molecule has 4 rings (SSSR count). The summed E-state index contributed by atoms with van der Waals surface area (Å²) >= 11 is 9.81. The number of anilines is 1. The maximum atomic E-state index is 12.3. The molecule has 4 nitrogen and oxygen atoms in total. The highest BCUT2D eigenvalue weighted by molar-refractivity contribution is 9.10. The lowest BCUT2D eigenvalue weighted by Crippen LogP contribution is -2.36. The Morgan fingerprint density at radius 1 is 1.17 bits per heavy atom. The number of hydrogen-bond acceptors (Lipinski definition) is 3. The molecular weight excluding hydrogens is 390 g/mol. The number of rotatable bonds is 2. The van der Waals surface area contributed by atoms with Gasteiger partial charge in [-0.1, -0.05) is 27.5 Å². The molecule has 2 fully saturated rings. The fourth-order valence-electron chi connectivity index (χ4n) is 3.28. The second-order valence-corrected chi connectivity index (χ2v) is 7.89. The van der Waals surface area contributed by atoms with Crippen LogP contribution >= 0.6 is 27.5 Å². The Morgan fingerprint density at radius 3 is 2.79 bits per heavy atom. The third-order valence-electron chi connectivity index (χ3n) is 4.75. The number of halogens is 2. The van der Waals surface area contributed by atoms with Gasteiger partial charge in [-0.2, -0.15) is 0 Å². The second kappa shape index (κ2) is 6.52. The SMILES string of the molecule is O=C(C1CC1)N1CCCN(c2ccc3cc(Br)cc(Cl)c3n2)CC1. The zero-order chi connectivity index (χ0) is 16.7. The topological polar surface area (TPSA) is 36.4 Å². The standard InChI is InChI=1S/C18H19BrClN3O/c19-14-10-13-4-5-16(21-17(13)15(20)11-14)22-6-1-7-23(9-8-22)18(24)12-2-3-12/h4-5,10-12H,1-3,6-9H2. The van der Waals surface area contributed by atoms with Crippen LogP contribution in [0.4, 0.5) is 5.82 Å². The van der Waals surface area contributed by atoms with Gasteiger partial charge >= 0.3 is 0 Å². The van der Waals surface area contributed by atoms with E-state index in [1.54, 1.807) is 0 Å². The lowest BCUT2D eigenvalue weighted by Gasteiger charge is -2.23. The maximum absolute atomic E-state index is 12.3. The quantitative estimate of drug-likeness (QED) is 0.750. The van der Waals surface area contributed by atoms with E-state index in [4.69, 9.17) is 16.6 Å². The Balaban J connectivity index is 1.55. The fraction of sp³-hybridized carbons (Fsp3) is 0.444. The number of pyridine rings is 1. The van der Waals surface area contributed by atoms with Crippen molar-refractivity contribution < 1.29 is 4.79 Å². The highest BCUT2D eigenvalue weighted by Crippen LogP contribution is 2.32. The van der Waals surface area contributed by atoms with E-state index in [2.05, 4.69) is 26.9 Å². The number of carbonyl (C=O) groups is 1.